The fourth-order valence-corrected chi connectivity index (χ4v) is 4.10. The summed E-state index contributed by atoms with van der Waals surface area (Å²) in [6.07, 6.45) is 3.81. The van der Waals surface area contributed by atoms with Crippen molar-refractivity contribution in [3.8, 4) is 11.1 Å². The van der Waals surface area contributed by atoms with Gasteiger partial charge in [0, 0.05) is 17.7 Å². The van der Waals surface area contributed by atoms with Crippen molar-refractivity contribution in [2.24, 2.45) is 11.8 Å². The van der Waals surface area contributed by atoms with E-state index in [-0.39, 0.29) is 17.6 Å². The predicted octanol–water partition coefficient (Wildman–Crippen LogP) is 3.60. The van der Waals surface area contributed by atoms with Gasteiger partial charge in [0.1, 0.15) is 5.82 Å². The lowest BCUT2D eigenvalue weighted by Crippen LogP contribution is -2.18. The first kappa shape index (κ1) is 17.1. The van der Waals surface area contributed by atoms with Crippen LogP contribution in [0.15, 0.2) is 30.6 Å². The number of thiazole rings is 1. The van der Waals surface area contributed by atoms with E-state index in [4.69, 9.17) is 0 Å². The number of pyridine rings is 1. The molecule has 134 valence electrons. The number of hydrogen-bond donors (Lipinski definition) is 2. The predicted molar refractivity (Wildman–Crippen MR) is 102 cm³/mol. The summed E-state index contributed by atoms with van der Waals surface area (Å²) in [5.41, 5.74) is 3.04. The summed E-state index contributed by atoms with van der Waals surface area (Å²) in [7, 11) is 1.90. The SMILES string of the molecule is CNCC1C[C@@H]1C(=O)Nc1nc2ccc(-c3cncc(F)c3C)cc2s1. The standard InChI is InChI=1S/C19H19FN4OS/c1-10-14(8-22-9-15(10)20)11-3-4-16-17(6-11)26-19(23-16)24-18(25)13-5-12(13)7-21-2/h3-4,6,8-9,12-13,21H,5,7H2,1-2H3,(H,23,24,25)/t12?,13-/m0/s1. The van der Waals surface area contributed by atoms with Gasteiger partial charge in [-0.1, -0.05) is 17.4 Å². The van der Waals surface area contributed by atoms with Gasteiger partial charge >= 0.3 is 0 Å². The second kappa shape index (κ2) is 6.74. The van der Waals surface area contributed by atoms with Gasteiger partial charge in [0.15, 0.2) is 5.13 Å². The Balaban J connectivity index is 1.56. The lowest BCUT2D eigenvalue weighted by atomic mass is 10.0. The largest absolute Gasteiger partial charge is 0.319 e. The monoisotopic (exact) mass is 370 g/mol. The van der Waals surface area contributed by atoms with Crippen LogP contribution in [0.2, 0.25) is 0 Å². The van der Waals surface area contributed by atoms with E-state index in [0.29, 0.717) is 16.6 Å². The van der Waals surface area contributed by atoms with Crippen molar-refractivity contribution in [1.82, 2.24) is 15.3 Å². The van der Waals surface area contributed by atoms with Crippen molar-refractivity contribution in [2.45, 2.75) is 13.3 Å². The fraction of sp³-hybridized carbons (Fsp3) is 0.316. The van der Waals surface area contributed by atoms with E-state index in [0.717, 1.165) is 34.3 Å². The maximum absolute atomic E-state index is 13.8. The Morgan fingerprint density at radius 3 is 3.04 bits per heavy atom. The molecule has 1 aliphatic carbocycles. The highest BCUT2D eigenvalue weighted by atomic mass is 32.1. The molecule has 1 amide bonds. The van der Waals surface area contributed by atoms with Gasteiger partial charge in [-0.2, -0.15) is 0 Å². The van der Waals surface area contributed by atoms with Gasteiger partial charge in [-0.15, -0.1) is 0 Å². The number of carbonyl (C=O) groups is 1. The molecule has 0 aliphatic heterocycles. The minimum atomic E-state index is -0.319. The third-order valence-corrected chi connectivity index (χ3v) is 5.74. The van der Waals surface area contributed by atoms with Crippen molar-refractivity contribution < 1.29 is 9.18 Å². The van der Waals surface area contributed by atoms with Crippen LogP contribution in [0, 0.1) is 24.6 Å². The average Bonchev–Trinajstić information content (AvgIpc) is 3.28. The Morgan fingerprint density at radius 1 is 1.38 bits per heavy atom. The molecule has 0 saturated heterocycles. The molecule has 0 radical (unpaired) electrons. The van der Waals surface area contributed by atoms with Crippen LogP contribution in [0.4, 0.5) is 9.52 Å². The summed E-state index contributed by atoms with van der Waals surface area (Å²) in [6.45, 7) is 2.61. The number of halogens is 1. The number of rotatable bonds is 5. The molecular formula is C19H19FN4OS. The summed E-state index contributed by atoms with van der Waals surface area (Å²) in [5, 5.41) is 6.64. The van der Waals surface area contributed by atoms with Crippen LogP contribution < -0.4 is 10.6 Å². The minimum absolute atomic E-state index is 0.0368. The molecule has 1 aliphatic rings. The van der Waals surface area contributed by atoms with E-state index in [2.05, 4.69) is 20.6 Å². The Bertz CT molecular complexity index is 987. The highest BCUT2D eigenvalue weighted by molar-refractivity contribution is 7.22. The van der Waals surface area contributed by atoms with E-state index < -0.39 is 0 Å². The normalized spacial score (nSPS) is 18.9. The molecule has 2 aromatic heterocycles. The van der Waals surface area contributed by atoms with Crippen molar-refractivity contribution in [3.63, 3.8) is 0 Å². The Kier molecular flexibility index (Phi) is 4.42. The number of fused-ring (bicyclic) bond motifs is 1. The number of benzene rings is 1. The third-order valence-electron chi connectivity index (χ3n) is 4.81. The van der Waals surface area contributed by atoms with Crippen LogP contribution in [-0.2, 0) is 4.79 Å². The van der Waals surface area contributed by atoms with Gasteiger partial charge in [0.2, 0.25) is 5.91 Å². The average molecular weight is 370 g/mol. The van der Waals surface area contributed by atoms with E-state index in [1.54, 1.807) is 13.1 Å². The molecule has 4 rings (SSSR count). The second-order valence-corrected chi connectivity index (χ2v) is 7.68. The number of anilines is 1. The Labute approximate surface area is 154 Å². The third kappa shape index (κ3) is 3.20. The molecule has 1 fully saturated rings. The number of aromatic nitrogens is 2. The molecule has 2 atom stereocenters. The molecule has 0 spiro atoms. The molecule has 2 N–H and O–H groups in total. The fourth-order valence-electron chi connectivity index (χ4n) is 3.19. The van der Waals surface area contributed by atoms with Gasteiger partial charge in [0.25, 0.3) is 0 Å². The minimum Gasteiger partial charge on any atom is -0.319 e. The summed E-state index contributed by atoms with van der Waals surface area (Å²) < 4.78 is 14.7. The molecule has 2 heterocycles. The van der Waals surface area contributed by atoms with Gasteiger partial charge in [-0.3, -0.25) is 9.78 Å². The summed E-state index contributed by atoms with van der Waals surface area (Å²) in [6, 6.07) is 5.76. The zero-order chi connectivity index (χ0) is 18.3. The summed E-state index contributed by atoms with van der Waals surface area (Å²) in [5.74, 6) is 0.214. The number of nitrogens with zero attached hydrogens (tertiary/aromatic N) is 2. The first-order valence-corrected chi connectivity index (χ1v) is 9.35. The van der Waals surface area contributed by atoms with Crippen molar-refractivity contribution in [3.05, 3.63) is 42.0 Å². The van der Waals surface area contributed by atoms with Crippen LogP contribution in [-0.4, -0.2) is 29.5 Å². The van der Waals surface area contributed by atoms with Crippen LogP contribution in [0.1, 0.15) is 12.0 Å². The molecule has 1 saturated carbocycles. The van der Waals surface area contributed by atoms with Crippen molar-refractivity contribution in [1.29, 1.82) is 0 Å². The van der Waals surface area contributed by atoms with Crippen LogP contribution in [0.3, 0.4) is 0 Å². The van der Waals surface area contributed by atoms with Crippen LogP contribution in [0.5, 0.6) is 0 Å². The van der Waals surface area contributed by atoms with Crippen LogP contribution >= 0.6 is 11.3 Å². The lowest BCUT2D eigenvalue weighted by molar-refractivity contribution is -0.117. The topological polar surface area (TPSA) is 66.9 Å². The lowest BCUT2D eigenvalue weighted by Gasteiger charge is -2.05. The molecule has 26 heavy (non-hydrogen) atoms. The smallest absolute Gasteiger partial charge is 0.229 e. The Hall–Kier alpha value is -2.38. The van der Waals surface area contributed by atoms with Gasteiger partial charge in [-0.05, 0) is 56.1 Å². The molecule has 0 bridgehead atoms. The highest BCUT2D eigenvalue weighted by Gasteiger charge is 2.42. The zero-order valence-electron chi connectivity index (χ0n) is 14.5. The van der Waals surface area contributed by atoms with E-state index in [1.807, 2.05) is 25.2 Å². The van der Waals surface area contributed by atoms with Gasteiger partial charge in [-0.25, -0.2) is 9.37 Å². The zero-order valence-corrected chi connectivity index (χ0v) is 15.4. The van der Waals surface area contributed by atoms with E-state index >= 15 is 0 Å². The molecule has 1 unspecified atom stereocenters. The van der Waals surface area contributed by atoms with Crippen molar-refractivity contribution >= 4 is 32.6 Å². The molecule has 1 aromatic carbocycles. The van der Waals surface area contributed by atoms with Crippen LogP contribution in [0.25, 0.3) is 21.3 Å². The number of hydrogen-bond acceptors (Lipinski definition) is 5. The maximum Gasteiger partial charge on any atom is 0.229 e. The van der Waals surface area contributed by atoms with Gasteiger partial charge in [0.05, 0.1) is 16.4 Å². The molecule has 3 aromatic rings. The molecule has 5 nitrogen and oxygen atoms in total. The number of carbonyl (C=O) groups excluding carboxylic acids is 1. The molecular weight excluding hydrogens is 351 g/mol. The quantitative estimate of drug-likeness (QED) is 0.720. The van der Waals surface area contributed by atoms with Gasteiger partial charge < -0.3 is 10.6 Å². The molecule has 7 heteroatoms. The summed E-state index contributed by atoms with van der Waals surface area (Å²) >= 11 is 1.43. The second-order valence-electron chi connectivity index (χ2n) is 6.64. The highest BCUT2D eigenvalue weighted by Crippen LogP contribution is 2.39. The maximum atomic E-state index is 13.8. The summed E-state index contributed by atoms with van der Waals surface area (Å²) in [4.78, 5) is 20.7. The van der Waals surface area contributed by atoms with E-state index in [1.165, 1.54) is 17.5 Å². The van der Waals surface area contributed by atoms with Crippen molar-refractivity contribution in [2.75, 3.05) is 18.9 Å². The number of nitrogens with one attached hydrogen (secondary N) is 2. The first-order chi connectivity index (χ1) is 12.6. The van der Waals surface area contributed by atoms with E-state index in [9.17, 15) is 9.18 Å². The number of amides is 1. The first-order valence-electron chi connectivity index (χ1n) is 8.53. The Morgan fingerprint density at radius 2 is 2.23 bits per heavy atom.